The van der Waals surface area contributed by atoms with Crippen LogP contribution < -0.4 is 10.3 Å². The van der Waals surface area contributed by atoms with Crippen molar-refractivity contribution in [3.05, 3.63) is 39.9 Å². The summed E-state index contributed by atoms with van der Waals surface area (Å²) in [5.41, 5.74) is 0.00161. The zero-order valence-electron chi connectivity index (χ0n) is 13.6. The van der Waals surface area contributed by atoms with Gasteiger partial charge in [0.2, 0.25) is 10.6 Å². The van der Waals surface area contributed by atoms with Gasteiger partial charge in [-0.25, -0.2) is 14.8 Å². The molecule has 0 aliphatic carbocycles. The number of aryl methyl sites for hydroxylation is 1. The van der Waals surface area contributed by atoms with E-state index in [4.69, 9.17) is 0 Å². The molecule has 4 rings (SSSR count). The standard InChI is InChI=1S/C16H13N5O4S/c1-8-2-11(20-3-9(4-20)6-22)19-14-12(8)13(23)10(15(24)25)5-21(14)16-17-7-18-26-16/h2,5-7,9H,3-4H2,1H3,(H,24,25). The molecule has 3 aromatic rings. The van der Waals surface area contributed by atoms with Crippen LogP contribution in [0.15, 0.2) is 23.4 Å². The molecule has 0 bridgehead atoms. The number of aromatic nitrogens is 4. The van der Waals surface area contributed by atoms with Gasteiger partial charge < -0.3 is 14.8 Å². The summed E-state index contributed by atoms with van der Waals surface area (Å²) in [7, 11) is 0. The van der Waals surface area contributed by atoms with Crippen LogP contribution in [0.4, 0.5) is 5.82 Å². The molecule has 1 fully saturated rings. The van der Waals surface area contributed by atoms with Crippen molar-refractivity contribution in [1.29, 1.82) is 0 Å². The number of hydrogen-bond donors (Lipinski definition) is 1. The summed E-state index contributed by atoms with van der Waals surface area (Å²) in [6.45, 7) is 2.87. The van der Waals surface area contributed by atoms with E-state index in [0.29, 0.717) is 35.2 Å². The van der Waals surface area contributed by atoms with Crippen LogP contribution in [0, 0.1) is 12.8 Å². The van der Waals surface area contributed by atoms with Gasteiger partial charge in [0.25, 0.3) is 0 Å². The second-order valence-corrected chi connectivity index (χ2v) is 6.83. The van der Waals surface area contributed by atoms with Crippen molar-refractivity contribution < 1.29 is 14.7 Å². The molecule has 0 atom stereocenters. The number of pyridine rings is 2. The highest BCUT2D eigenvalue weighted by molar-refractivity contribution is 7.08. The first-order chi connectivity index (χ1) is 12.5. The number of carboxylic acid groups (broad SMARTS) is 1. The SMILES string of the molecule is Cc1cc(N2CC(C=O)C2)nc2c1c(=O)c(C(=O)O)cn2-c1ncns1. The third-order valence-corrected chi connectivity index (χ3v) is 5.02. The zero-order valence-corrected chi connectivity index (χ0v) is 14.4. The Hall–Kier alpha value is -3.14. The van der Waals surface area contributed by atoms with Crippen molar-refractivity contribution in [3.63, 3.8) is 0 Å². The molecule has 0 radical (unpaired) electrons. The van der Waals surface area contributed by atoms with E-state index in [0.717, 1.165) is 17.8 Å². The van der Waals surface area contributed by atoms with Crippen LogP contribution in [0.25, 0.3) is 16.2 Å². The lowest BCUT2D eigenvalue weighted by atomic mass is 10.0. The summed E-state index contributed by atoms with van der Waals surface area (Å²) >= 11 is 1.07. The molecule has 26 heavy (non-hydrogen) atoms. The van der Waals surface area contributed by atoms with Gasteiger partial charge in [-0.05, 0) is 18.6 Å². The molecule has 1 N–H and O–H groups in total. The smallest absolute Gasteiger partial charge is 0.341 e. The number of carboxylic acids is 1. The highest BCUT2D eigenvalue weighted by Crippen LogP contribution is 2.27. The van der Waals surface area contributed by atoms with Crippen LogP contribution in [0.2, 0.25) is 0 Å². The molecule has 0 unspecified atom stereocenters. The number of carbonyl (C=O) groups excluding carboxylic acids is 1. The van der Waals surface area contributed by atoms with Crippen LogP contribution in [-0.2, 0) is 4.79 Å². The Kier molecular flexibility index (Phi) is 3.76. The van der Waals surface area contributed by atoms with Gasteiger partial charge in [-0.15, -0.1) is 0 Å². The Morgan fingerprint density at radius 2 is 2.19 bits per heavy atom. The summed E-state index contributed by atoms with van der Waals surface area (Å²) in [4.78, 5) is 45.6. The fourth-order valence-electron chi connectivity index (χ4n) is 3.00. The van der Waals surface area contributed by atoms with Crippen molar-refractivity contribution in [2.75, 3.05) is 18.0 Å². The van der Waals surface area contributed by atoms with Gasteiger partial charge in [0.05, 0.1) is 5.39 Å². The Labute approximate surface area is 150 Å². The number of carbonyl (C=O) groups is 2. The minimum atomic E-state index is -1.31. The van der Waals surface area contributed by atoms with Gasteiger partial charge in [0.15, 0.2) is 5.65 Å². The fraction of sp³-hybridized carbons (Fsp3) is 0.250. The quantitative estimate of drug-likeness (QED) is 0.672. The highest BCUT2D eigenvalue weighted by atomic mass is 32.1. The Bertz CT molecular complexity index is 1090. The third kappa shape index (κ3) is 2.46. The second-order valence-electron chi connectivity index (χ2n) is 6.07. The minimum Gasteiger partial charge on any atom is -0.477 e. The van der Waals surface area contributed by atoms with Gasteiger partial charge in [0, 0.05) is 36.7 Å². The van der Waals surface area contributed by atoms with Crippen molar-refractivity contribution in [2.45, 2.75) is 6.92 Å². The maximum absolute atomic E-state index is 12.6. The summed E-state index contributed by atoms with van der Waals surface area (Å²) < 4.78 is 5.42. The highest BCUT2D eigenvalue weighted by Gasteiger charge is 2.28. The lowest BCUT2D eigenvalue weighted by Crippen LogP contribution is -2.48. The van der Waals surface area contributed by atoms with Crippen molar-refractivity contribution in [3.8, 4) is 5.13 Å². The monoisotopic (exact) mass is 371 g/mol. The second kappa shape index (κ2) is 5.99. The molecule has 9 nitrogen and oxygen atoms in total. The average molecular weight is 371 g/mol. The maximum Gasteiger partial charge on any atom is 0.341 e. The van der Waals surface area contributed by atoms with E-state index in [1.54, 1.807) is 13.0 Å². The molecule has 0 aromatic carbocycles. The van der Waals surface area contributed by atoms with Crippen molar-refractivity contribution >= 4 is 40.6 Å². The van der Waals surface area contributed by atoms with E-state index in [1.165, 1.54) is 17.1 Å². The van der Waals surface area contributed by atoms with Crippen LogP contribution in [0.3, 0.4) is 0 Å². The molecule has 10 heteroatoms. The third-order valence-electron chi connectivity index (χ3n) is 4.35. The van der Waals surface area contributed by atoms with Crippen LogP contribution in [0.5, 0.6) is 0 Å². The van der Waals surface area contributed by atoms with E-state index < -0.39 is 11.4 Å². The van der Waals surface area contributed by atoms with Crippen LogP contribution in [0.1, 0.15) is 15.9 Å². The molecule has 1 aliphatic rings. The number of aldehydes is 1. The molecular weight excluding hydrogens is 358 g/mol. The van der Waals surface area contributed by atoms with Gasteiger partial charge in [-0.1, -0.05) is 0 Å². The minimum absolute atomic E-state index is 0.0208. The largest absolute Gasteiger partial charge is 0.477 e. The van der Waals surface area contributed by atoms with E-state index in [-0.39, 0.29) is 16.9 Å². The van der Waals surface area contributed by atoms with Gasteiger partial charge in [-0.3, -0.25) is 9.36 Å². The Morgan fingerprint density at radius 1 is 1.42 bits per heavy atom. The van der Waals surface area contributed by atoms with Crippen LogP contribution in [-0.4, -0.2) is 49.4 Å². The summed E-state index contributed by atoms with van der Waals surface area (Å²) in [6, 6.07) is 1.74. The number of nitrogens with zero attached hydrogens (tertiary/aromatic N) is 5. The van der Waals surface area contributed by atoms with Gasteiger partial charge in [0.1, 0.15) is 24.0 Å². The molecule has 0 amide bonds. The van der Waals surface area contributed by atoms with Crippen LogP contribution >= 0.6 is 11.5 Å². The number of rotatable bonds is 4. The summed E-state index contributed by atoms with van der Waals surface area (Å²) in [5.74, 6) is -0.698. The number of fused-ring (bicyclic) bond motifs is 1. The Morgan fingerprint density at radius 3 is 2.81 bits per heavy atom. The maximum atomic E-state index is 12.6. The molecular formula is C16H13N5O4S. The predicted molar refractivity (Wildman–Crippen MR) is 94.3 cm³/mol. The summed E-state index contributed by atoms with van der Waals surface area (Å²) in [6.07, 6.45) is 3.50. The van der Waals surface area contributed by atoms with E-state index in [1.807, 2.05) is 4.90 Å². The lowest BCUT2D eigenvalue weighted by Gasteiger charge is -2.37. The lowest BCUT2D eigenvalue weighted by molar-refractivity contribution is -0.111. The summed E-state index contributed by atoms with van der Waals surface area (Å²) in [5, 5.41) is 10.0. The first-order valence-corrected chi connectivity index (χ1v) is 8.54. The molecule has 1 aliphatic heterocycles. The van der Waals surface area contributed by atoms with E-state index >= 15 is 0 Å². The van der Waals surface area contributed by atoms with Gasteiger partial charge >= 0.3 is 5.97 Å². The average Bonchev–Trinajstić information content (AvgIpc) is 3.07. The molecule has 4 heterocycles. The van der Waals surface area contributed by atoms with E-state index in [2.05, 4.69) is 14.3 Å². The molecule has 3 aromatic heterocycles. The number of anilines is 1. The first kappa shape index (κ1) is 16.3. The van der Waals surface area contributed by atoms with Gasteiger partial charge in [-0.2, -0.15) is 4.37 Å². The zero-order chi connectivity index (χ0) is 18.4. The van der Waals surface area contributed by atoms with Crippen molar-refractivity contribution in [2.24, 2.45) is 5.92 Å². The molecule has 132 valence electrons. The molecule has 0 saturated carbocycles. The first-order valence-electron chi connectivity index (χ1n) is 7.77. The fourth-order valence-corrected chi connectivity index (χ4v) is 3.51. The normalized spacial score (nSPS) is 14.4. The molecule has 0 spiro atoms. The predicted octanol–water partition coefficient (Wildman–Crippen LogP) is 0.879. The number of hydrogen-bond acceptors (Lipinski definition) is 8. The number of aromatic carboxylic acids is 1. The topological polar surface area (TPSA) is 118 Å². The Balaban J connectivity index is 1.99. The van der Waals surface area contributed by atoms with E-state index in [9.17, 15) is 19.5 Å². The molecule has 1 saturated heterocycles. The van der Waals surface area contributed by atoms with Crippen molar-refractivity contribution in [1.82, 2.24) is 18.9 Å².